The van der Waals surface area contributed by atoms with Gasteiger partial charge in [-0.25, -0.2) is 0 Å². The maximum atomic E-state index is 6.03. The first kappa shape index (κ1) is 13.5. The highest BCUT2D eigenvalue weighted by Crippen LogP contribution is 2.37. The molecule has 0 aliphatic carbocycles. The van der Waals surface area contributed by atoms with Crippen molar-refractivity contribution in [1.82, 2.24) is 4.98 Å². The highest BCUT2D eigenvalue weighted by atomic mass is 79.9. The monoisotopic (exact) mass is 344 g/mol. The van der Waals surface area contributed by atoms with Gasteiger partial charge in [-0.15, -0.1) is 0 Å². The molecule has 0 fully saturated rings. The summed E-state index contributed by atoms with van der Waals surface area (Å²) in [7, 11) is 0. The molecule has 1 aromatic heterocycles. The lowest BCUT2D eigenvalue weighted by atomic mass is 10.2. The molecule has 0 unspecified atom stereocenters. The minimum Gasteiger partial charge on any atom is -0.398 e. The van der Waals surface area contributed by atoms with E-state index in [4.69, 9.17) is 5.73 Å². The van der Waals surface area contributed by atoms with Gasteiger partial charge in [0.15, 0.2) is 0 Å². The van der Waals surface area contributed by atoms with Gasteiger partial charge >= 0.3 is 0 Å². The lowest BCUT2D eigenvalue weighted by Crippen LogP contribution is -1.90. The Morgan fingerprint density at radius 2 is 1.85 bits per heavy atom. The maximum Gasteiger partial charge on any atom is 0.0717 e. The van der Waals surface area contributed by atoms with Gasteiger partial charge in [-0.3, -0.25) is 4.98 Å². The Morgan fingerprint density at radius 3 is 2.65 bits per heavy atom. The summed E-state index contributed by atoms with van der Waals surface area (Å²) in [6, 6.07) is 16.2. The van der Waals surface area contributed by atoms with E-state index in [1.165, 1.54) is 4.90 Å². The molecule has 0 saturated carbocycles. The van der Waals surface area contributed by atoms with Crippen LogP contribution in [0, 0.1) is 6.92 Å². The number of pyridine rings is 1. The molecule has 2 nitrogen and oxygen atoms in total. The number of benzene rings is 2. The van der Waals surface area contributed by atoms with Crippen LogP contribution in [0.25, 0.3) is 10.9 Å². The summed E-state index contributed by atoms with van der Waals surface area (Å²) >= 11 is 5.20. The van der Waals surface area contributed by atoms with E-state index in [1.54, 1.807) is 11.8 Å². The van der Waals surface area contributed by atoms with Crippen LogP contribution >= 0.6 is 27.7 Å². The number of hydrogen-bond donors (Lipinski definition) is 1. The first-order valence-corrected chi connectivity index (χ1v) is 7.84. The molecule has 3 rings (SSSR count). The number of hydrogen-bond acceptors (Lipinski definition) is 3. The predicted molar refractivity (Wildman–Crippen MR) is 89.2 cm³/mol. The molecule has 2 N–H and O–H groups in total. The number of fused-ring (bicyclic) bond motifs is 1. The van der Waals surface area contributed by atoms with E-state index in [-0.39, 0.29) is 0 Å². The average molecular weight is 345 g/mol. The van der Waals surface area contributed by atoms with Crippen LogP contribution < -0.4 is 5.73 Å². The van der Waals surface area contributed by atoms with Crippen molar-refractivity contribution >= 4 is 44.3 Å². The van der Waals surface area contributed by atoms with E-state index in [9.17, 15) is 0 Å². The molecular formula is C16H13BrN2S. The quantitative estimate of drug-likeness (QED) is 0.662. The van der Waals surface area contributed by atoms with E-state index in [2.05, 4.69) is 33.0 Å². The summed E-state index contributed by atoms with van der Waals surface area (Å²) in [6.07, 6.45) is 0. The molecule has 20 heavy (non-hydrogen) atoms. The van der Waals surface area contributed by atoms with Gasteiger partial charge in [0, 0.05) is 31.0 Å². The van der Waals surface area contributed by atoms with Crippen LogP contribution in [0.4, 0.5) is 5.69 Å². The average Bonchev–Trinajstić information content (AvgIpc) is 2.42. The number of para-hydroxylation sites is 1. The lowest BCUT2D eigenvalue weighted by molar-refractivity contribution is 1.22. The van der Waals surface area contributed by atoms with Crippen LogP contribution in [0.15, 0.2) is 62.8 Å². The molecule has 0 spiro atoms. The Bertz CT molecular complexity index is 787. The first-order chi connectivity index (χ1) is 9.63. The second-order valence-electron chi connectivity index (χ2n) is 4.56. The number of nitrogen functional groups attached to an aromatic ring is 1. The molecule has 100 valence electrons. The highest BCUT2D eigenvalue weighted by Gasteiger charge is 2.08. The van der Waals surface area contributed by atoms with Crippen molar-refractivity contribution in [2.45, 2.75) is 16.7 Å². The zero-order chi connectivity index (χ0) is 14.1. The fourth-order valence-corrected chi connectivity index (χ4v) is 3.50. The summed E-state index contributed by atoms with van der Waals surface area (Å²) in [5, 5.41) is 1.14. The molecular weight excluding hydrogens is 332 g/mol. The summed E-state index contributed by atoms with van der Waals surface area (Å²) < 4.78 is 1.05. The van der Waals surface area contributed by atoms with E-state index in [0.29, 0.717) is 0 Å². The van der Waals surface area contributed by atoms with Crippen LogP contribution in [0.2, 0.25) is 0 Å². The van der Waals surface area contributed by atoms with Crippen molar-refractivity contribution in [2.24, 2.45) is 0 Å². The molecule has 0 amide bonds. The largest absolute Gasteiger partial charge is 0.398 e. The predicted octanol–water partition coefficient (Wildman–Crippen LogP) is 5.04. The van der Waals surface area contributed by atoms with Crippen LogP contribution in [-0.4, -0.2) is 4.98 Å². The molecule has 0 aliphatic rings. The lowest BCUT2D eigenvalue weighted by Gasteiger charge is -2.09. The summed E-state index contributed by atoms with van der Waals surface area (Å²) in [6.45, 7) is 2.01. The third kappa shape index (κ3) is 2.67. The van der Waals surface area contributed by atoms with Crippen molar-refractivity contribution in [3.63, 3.8) is 0 Å². The van der Waals surface area contributed by atoms with Crippen LogP contribution in [-0.2, 0) is 0 Å². The van der Waals surface area contributed by atoms with E-state index >= 15 is 0 Å². The first-order valence-electron chi connectivity index (χ1n) is 6.23. The van der Waals surface area contributed by atoms with E-state index in [0.717, 1.165) is 31.7 Å². The SMILES string of the molecule is Cc1cc(Sc2ccccc2N)c2cc(Br)ccc2n1. The van der Waals surface area contributed by atoms with Crippen molar-refractivity contribution in [3.8, 4) is 0 Å². The highest BCUT2D eigenvalue weighted by molar-refractivity contribution is 9.10. The molecule has 0 radical (unpaired) electrons. The summed E-state index contributed by atoms with van der Waals surface area (Å²) in [4.78, 5) is 6.82. The van der Waals surface area contributed by atoms with Gasteiger partial charge in [-0.05, 0) is 43.3 Å². The number of aromatic nitrogens is 1. The summed E-state index contributed by atoms with van der Waals surface area (Å²) in [5.74, 6) is 0. The Balaban J connectivity index is 2.15. The number of nitrogens with zero attached hydrogens (tertiary/aromatic N) is 1. The normalized spacial score (nSPS) is 10.9. The molecule has 0 atom stereocenters. The van der Waals surface area contributed by atoms with E-state index in [1.807, 2.05) is 43.3 Å². The molecule has 3 aromatic rings. The van der Waals surface area contributed by atoms with Gasteiger partial charge < -0.3 is 5.73 Å². The second kappa shape index (κ2) is 5.46. The number of aryl methyl sites for hydroxylation is 1. The van der Waals surface area contributed by atoms with Crippen LogP contribution in [0.1, 0.15) is 5.69 Å². The Hall–Kier alpha value is -1.52. The van der Waals surface area contributed by atoms with Gasteiger partial charge in [-0.1, -0.05) is 39.8 Å². The molecule has 1 heterocycles. The van der Waals surface area contributed by atoms with Crippen LogP contribution in [0.3, 0.4) is 0 Å². The number of halogens is 1. The standard InChI is InChI=1S/C16H13BrN2S/c1-10-8-16(20-15-5-3-2-4-13(15)18)12-9-11(17)6-7-14(12)19-10/h2-9H,18H2,1H3. The number of nitrogens with two attached hydrogens (primary N) is 1. The smallest absolute Gasteiger partial charge is 0.0717 e. The van der Waals surface area contributed by atoms with Crippen LogP contribution in [0.5, 0.6) is 0 Å². The zero-order valence-electron chi connectivity index (χ0n) is 10.9. The molecule has 4 heteroatoms. The Morgan fingerprint density at radius 1 is 1.05 bits per heavy atom. The van der Waals surface area contributed by atoms with Gasteiger partial charge in [0.25, 0.3) is 0 Å². The fraction of sp³-hybridized carbons (Fsp3) is 0.0625. The number of anilines is 1. The Kier molecular flexibility index (Phi) is 3.68. The minimum absolute atomic E-state index is 0.801. The third-order valence-corrected chi connectivity index (χ3v) is 4.64. The van der Waals surface area contributed by atoms with Crippen molar-refractivity contribution in [2.75, 3.05) is 5.73 Å². The molecule has 0 saturated heterocycles. The molecule has 0 aliphatic heterocycles. The fourth-order valence-electron chi connectivity index (χ4n) is 2.07. The Labute approximate surface area is 130 Å². The van der Waals surface area contributed by atoms with Gasteiger partial charge in [0.2, 0.25) is 0 Å². The molecule has 2 aromatic carbocycles. The van der Waals surface area contributed by atoms with Gasteiger partial charge in [-0.2, -0.15) is 0 Å². The zero-order valence-corrected chi connectivity index (χ0v) is 13.3. The molecule has 0 bridgehead atoms. The van der Waals surface area contributed by atoms with Gasteiger partial charge in [0.1, 0.15) is 0 Å². The van der Waals surface area contributed by atoms with Gasteiger partial charge in [0.05, 0.1) is 5.52 Å². The van der Waals surface area contributed by atoms with Crippen molar-refractivity contribution in [3.05, 3.63) is 58.7 Å². The topological polar surface area (TPSA) is 38.9 Å². The summed E-state index contributed by atoms with van der Waals surface area (Å²) in [5.41, 5.74) is 8.85. The number of rotatable bonds is 2. The minimum atomic E-state index is 0.801. The third-order valence-electron chi connectivity index (χ3n) is 3.00. The van der Waals surface area contributed by atoms with Crippen molar-refractivity contribution < 1.29 is 0 Å². The second-order valence-corrected chi connectivity index (χ2v) is 6.56. The van der Waals surface area contributed by atoms with Crippen molar-refractivity contribution in [1.29, 1.82) is 0 Å². The maximum absolute atomic E-state index is 6.03. The van der Waals surface area contributed by atoms with E-state index < -0.39 is 0 Å².